The number of anilines is 1. The molecule has 0 radical (unpaired) electrons. The standard InChI is InChI=1S/C15H17N5O.C2H6/c1-8(2)21-11-5-4-10(6-9(11)3)13-12-14(16)17-7-18-15(12)20-19-13;1-2/h4-8H,1-3H3,(H3,16,17,18,19,20);1-2H3. The first-order valence-electron chi connectivity index (χ1n) is 7.78. The minimum atomic E-state index is 0.145. The van der Waals surface area contributed by atoms with Gasteiger partial charge in [-0.15, -0.1) is 0 Å². The molecule has 0 bridgehead atoms. The highest BCUT2D eigenvalue weighted by molar-refractivity contribution is 5.97. The van der Waals surface area contributed by atoms with Crippen LogP contribution in [0.4, 0.5) is 5.82 Å². The maximum absolute atomic E-state index is 5.94. The Kier molecular flexibility index (Phi) is 5.16. The second kappa shape index (κ2) is 7.09. The summed E-state index contributed by atoms with van der Waals surface area (Å²) < 4.78 is 5.75. The number of H-pyrrole nitrogens is 1. The van der Waals surface area contributed by atoms with Crippen LogP contribution in [0.1, 0.15) is 33.3 Å². The number of hydrogen-bond donors (Lipinski definition) is 2. The molecule has 122 valence electrons. The van der Waals surface area contributed by atoms with E-state index in [0.29, 0.717) is 11.5 Å². The maximum atomic E-state index is 5.94. The molecule has 23 heavy (non-hydrogen) atoms. The van der Waals surface area contributed by atoms with Crippen molar-refractivity contribution < 1.29 is 4.74 Å². The Morgan fingerprint density at radius 3 is 2.57 bits per heavy atom. The number of ether oxygens (including phenoxy) is 1. The van der Waals surface area contributed by atoms with E-state index >= 15 is 0 Å². The molecule has 0 atom stereocenters. The molecule has 2 aromatic heterocycles. The van der Waals surface area contributed by atoms with Crippen LogP contribution >= 0.6 is 0 Å². The van der Waals surface area contributed by atoms with Crippen molar-refractivity contribution in [3.05, 3.63) is 30.1 Å². The van der Waals surface area contributed by atoms with Gasteiger partial charge in [-0.2, -0.15) is 5.10 Å². The number of hydrogen-bond acceptors (Lipinski definition) is 5. The van der Waals surface area contributed by atoms with E-state index in [2.05, 4.69) is 20.2 Å². The SMILES string of the molecule is CC.Cc1cc(-c2[nH]nc3ncnc(N)c23)ccc1OC(C)C. The lowest BCUT2D eigenvalue weighted by Gasteiger charge is -2.13. The average molecular weight is 313 g/mol. The lowest BCUT2D eigenvalue weighted by atomic mass is 10.1. The quantitative estimate of drug-likeness (QED) is 0.769. The molecule has 3 rings (SSSR count). The van der Waals surface area contributed by atoms with E-state index in [9.17, 15) is 0 Å². The number of nitrogens with zero attached hydrogens (tertiary/aromatic N) is 3. The van der Waals surface area contributed by atoms with Crippen LogP contribution in [-0.4, -0.2) is 26.3 Å². The van der Waals surface area contributed by atoms with Gasteiger partial charge in [0.1, 0.15) is 17.9 Å². The molecule has 3 aromatic rings. The number of aromatic nitrogens is 4. The third-order valence-corrected chi connectivity index (χ3v) is 3.21. The van der Waals surface area contributed by atoms with Gasteiger partial charge in [-0.05, 0) is 44.5 Å². The van der Waals surface area contributed by atoms with Crippen LogP contribution in [0.25, 0.3) is 22.3 Å². The second-order valence-corrected chi connectivity index (χ2v) is 5.20. The van der Waals surface area contributed by atoms with Gasteiger partial charge < -0.3 is 10.5 Å². The first-order chi connectivity index (χ1) is 11.1. The number of rotatable bonds is 3. The van der Waals surface area contributed by atoms with Gasteiger partial charge in [0.25, 0.3) is 0 Å². The van der Waals surface area contributed by atoms with Crippen LogP contribution in [0.3, 0.4) is 0 Å². The molecule has 0 saturated carbocycles. The molecule has 6 nitrogen and oxygen atoms in total. The Bertz CT molecular complexity index is 795. The van der Waals surface area contributed by atoms with Crippen molar-refractivity contribution in [3.8, 4) is 17.0 Å². The van der Waals surface area contributed by atoms with Gasteiger partial charge >= 0.3 is 0 Å². The van der Waals surface area contributed by atoms with Crippen molar-refractivity contribution in [2.75, 3.05) is 5.73 Å². The molecular formula is C17H23N5O. The highest BCUT2D eigenvalue weighted by atomic mass is 16.5. The molecule has 0 aliphatic carbocycles. The second-order valence-electron chi connectivity index (χ2n) is 5.20. The van der Waals surface area contributed by atoms with E-state index in [0.717, 1.165) is 28.0 Å². The number of nitrogen functional groups attached to an aromatic ring is 1. The predicted molar refractivity (Wildman–Crippen MR) is 93.4 cm³/mol. The van der Waals surface area contributed by atoms with E-state index in [4.69, 9.17) is 10.5 Å². The van der Waals surface area contributed by atoms with Crippen LogP contribution < -0.4 is 10.5 Å². The minimum Gasteiger partial charge on any atom is -0.491 e. The average Bonchev–Trinajstić information content (AvgIpc) is 2.96. The normalized spacial score (nSPS) is 10.5. The van der Waals surface area contributed by atoms with Gasteiger partial charge in [0.15, 0.2) is 5.65 Å². The molecule has 0 amide bonds. The maximum Gasteiger partial charge on any atom is 0.186 e. The number of nitrogens with two attached hydrogens (primary N) is 1. The molecule has 0 spiro atoms. The molecule has 0 unspecified atom stereocenters. The molecule has 0 aliphatic heterocycles. The monoisotopic (exact) mass is 313 g/mol. The number of nitrogens with one attached hydrogen (secondary N) is 1. The first kappa shape index (κ1) is 16.7. The van der Waals surface area contributed by atoms with Gasteiger partial charge in [0, 0.05) is 5.56 Å². The van der Waals surface area contributed by atoms with Crippen molar-refractivity contribution in [1.29, 1.82) is 0 Å². The first-order valence-corrected chi connectivity index (χ1v) is 7.78. The van der Waals surface area contributed by atoms with Crippen LogP contribution in [0.2, 0.25) is 0 Å². The van der Waals surface area contributed by atoms with Gasteiger partial charge in [-0.3, -0.25) is 5.10 Å². The van der Waals surface area contributed by atoms with Crippen LogP contribution in [0, 0.1) is 6.92 Å². The summed E-state index contributed by atoms with van der Waals surface area (Å²) in [4.78, 5) is 8.14. The summed E-state index contributed by atoms with van der Waals surface area (Å²) in [7, 11) is 0. The Morgan fingerprint density at radius 2 is 1.91 bits per heavy atom. The summed E-state index contributed by atoms with van der Waals surface area (Å²) in [5.74, 6) is 1.30. The molecule has 3 N–H and O–H groups in total. The van der Waals surface area contributed by atoms with Crippen LogP contribution in [-0.2, 0) is 0 Å². The van der Waals surface area contributed by atoms with E-state index < -0.39 is 0 Å². The highest BCUT2D eigenvalue weighted by Crippen LogP contribution is 2.31. The molecule has 6 heteroatoms. The van der Waals surface area contributed by atoms with Crippen molar-refractivity contribution in [2.24, 2.45) is 0 Å². The van der Waals surface area contributed by atoms with Crippen LogP contribution in [0.15, 0.2) is 24.5 Å². The Hall–Kier alpha value is -2.63. The zero-order valence-corrected chi connectivity index (χ0v) is 14.2. The minimum absolute atomic E-state index is 0.145. The predicted octanol–water partition coefficient (Wildman–Crippen LogP) is 3.72. The lowest BCUT2D eigenvalue weighted by molar-refractivity contribution is 0.241. The molecule has 0 fully saturated rings. The lowest BCUT2D eigenvalue weighted by Crippen LogP contribution is -2.06. The Labute approximate surface area is 136 Å². The van der Waals surface area contributed by atoms with Crippen molar-refractivity contribution in [2.45, 2.75) is 40.7 Å². The van der Waals surface area contributed by atoms with E-state index in [1.54, 1.807) is 0 Å². The van der Waals surface area contributed by atoms with E-state index in [-0.39, 0.29) is 6.10 Å². The highest BCUT2D eigenvalue weighted by Gasteiger charge is 2.13. The Balaban J connectivity index is 0.000000924. The number of fused-ring (bicyclic) bond motifs is 1. The Morgan fingerprint density at radius 1 is 1.17 bits per heavy atom. The third-order valence-electron chi connectivity index (χ3n) is 3.21. The summed E-state index contributed by atoms with van der Waals surface area (Å²) in [6.07, 6.45) is 1.55. The molecule has 2 heterocycles. The van der Waals surface area contributed by atoms with Crippen LogP contribution in [0.5, 0.6) is 5.75 Å². The van der Waals surface area contributed by atoms with E-state index in [1.165, 1.54) is 6.33 Å². The largest absolute Gasteiger partial charge is 0.491 e. The fourth-order valence-electron chi connectivity index (χ4n) is 2.28. The van der Waals surface area contributed by atoms with Crippen molar-refractivity contribution in [1.82, 2.24) is 20.2 Å². The number of aryl methyl sites for hydroxylation is 1. The topological polar surface area (TPSA) is 89.7 Å². The summed E-state index contributed by atoms with van der Waals surface area (Å²) in [6, 6.07) is 5.97. The molecule has 1 aromatic carbocycles. The van der Waals surface area contributed by atoms with E-state index in [1.807, 2.05) is 52.8 Å². The van der Waals surface area contributed by atoms with Gasteiger partial charge in [-0.1, -0.05) is 13.8 Å². The zero-order valence-electron chi connectivity index (χ0n) is 14.2. The van der Waals surface area contributed by atoms with Crippen molar-refractivity contribution >= 4 is 16.9 Å². The fraction of sp³-hybridized carbons (Fsp3) is 0.353. The summed E-state index contributed by atoms with van der Waals surface area (Å²) in [5, 5.41) is 7.90. The summed E-state index contributed by atoms with van der Waals surface area (Å²) >= 11 is 0. The smallest absolute Gasteiger partial charge is 0.186 e. The van der Waals surface area contributed by atoms with Gasteiger partial charge in [0.05, 0.1) is 17.2 Å². The van der Waals surface area contributed by atoms with Gasteiger partial charge in [-0.25, -0.2) is 9.97 Å². The molecule has 0 saturated heterocycles. The summed E-state index contributed by atoms with van der Waals surface area (Å²) in [6.45, 7) is 10.0. The summed E-state index contributed by atoms with van der Waals surface area (Å²) in [5.41, 5.74) is 9.36. The molecule has 0 aliphatic rings. The molecular weight excluding hydrogens is 290 g/mol. The third kappa shape index (κ3) is 3.41. The number of aromatic amines is 1. The van der Waals surface area contributed by atoms with Crippen molar-refractivity contribution in [3.63, 3.8) is 0 Å². The van der Waals surface area contributed by atoms with Gasteiger partial charge in [0.2, 0.25) is 0 Å². The zero-order chi connectivity index (χ0) is 17.0. The fourth-order valence-corrected chi connectivity index (χ4v) is 2.28. The number of benzene rings is 1.